The zero-order chi connectivity index (χ0) is 17.4. The summed E-state index contributed by atoms with van der Waals surface area (Å²) in [4.78, 5) is 4.13. The maximum atomic E-state index is 11.7. The number of ether oxygens (including phenoxy) is 1. The number of benzene rings is 1. The Morgan fingerprint density at radius 3 is 2.62 bits per heavy atom. The van der Waals surface area contributed by atoms with Crippen LogP contribution in [0.4, 0.5) is 11.5 Å². The highest BCUT2D eigenvalue weighted by molar-refractivity contribution is 7.92. The van der Waals surface area contributed by atoms with Crippen LogP contribution >= 0.6 is 0 Å². The van der Waals surface area contributed by atoms with Gasteiger partial charge in [0.2, 0.25) is 10.0 Å². The van der Waals surface area contributed by atoms with Crippen LogP contribution in [0.1, 0.15) is 18.9 Å². The van der Waals surface area contributed by atoms with Crippen molar-refractivity contribution in [3.05, 3.63) is 48.2 Å². The zero-order valence-electron chi connectivity index (χ0n) is 14.0. The third kappa shape index (κ3) is 5.42. The predicted molar refractivity (Wildman–Crippen MR) is 97.1 cm³/mol. The van der Waals surface area contributed by atoms with Crippen molar-refractivity contribution in [2.75, 3.05) is 29.4 Å². The Kier molecular flexibility index (Phi) is 6.43. The average Bonchev–Trinajstić information content (AvgIpc) is 2.56. The van der Waals surface area contributed by atoms with Crippen LogP contribution < -0.4 is 14.8 Å². The van der Waals surface area contributed by atoms with E-state index >= 15 is 0 Å². The van der Waals surface area contributed by atoms with Crippen LogP contribution in [0.25, 0.3) is 0 Å². The number of rotatable bonds is 9. The van der Waals surface area contributed by atoms with Gasteiger partial charge in [-0.2, -0.15) is 0 Å². The zero-order valence-corrected chi connectivity index (χ0v) is 14.8. The van der Waals surface area contributed by atoms with Crippen LogP contribution in [0, 0.1) is 0 Å². The molecule has 1 heterocycles. The number of nitrogens with one attached hydrogen (secondary N) is 2. The molecule has 1 aromatic carbocycles. The summed E-state index contributed by atoms with van der Waals surface area (Å²) in [6.45, 7) is 2.55. The fraction of sp³-hybridized carbons (Fsp3) is 0.353. The summed E-state index contributed by atoms with van der Waals surface area (Å²) >= 11 is 0. The van der Waals surface area contributed by atoms with Crippen molar-refractivity contribution in [1.29, 1.82) is 0 Å². The lowest BCUT2D eigenvalue weighted by molar-refractivity contribution is 0.410. The number of aromatic nitrogens is 1. The molecule has 0 unspecified atom stereocenters. The van der Waals surface area contributed by atoms with E-state index < -0.39 is 10.0 Å². The Balaban J connectivity index is 1.88. The van der Waals surface area contributed by atoms with E-state index in [9.17, 15) is 8.42 Å². The highest BCUT2D eigenvalue weighted by Crippen LogP contribution is 2.18. The van der Waals surface area contributed by atoms with E-state index in [1.54, 1.807) is 25.4 Å². The fourth-order valence-corrected chi connectivity index (χ4v) is 3.37. The Labute approximate surface area is 143 Å². The van der Waals surface area contributed by atoms with Crippen LogP contribution in [-0.2, 0) is 16.4 Å². The van der Waals surface area contributed by atoms with E-state index in [0.29, 0.717) is 12.2 Å². The second-order valence-electron chi connectivity index (χ2n) is 5.34. The van der Waals surface area contributed by atoms with Gasteiger partial charge < -0.3 is 10.1 Å². The van der Waals surface area contributed by atoms with Crippen molar-refractivity contribution >= 4 is 21.5 Å². The van der Waals surface area contributed by atoms with Gasteiger partial charge in [-0.3, -0.25) is 4.72 Å². The molecule has 0 spiro atoms. The molecule has 0 aliphatic carbocycles. The van der Waals surface area contributed by atoms with Crippen LogP contribution in [0.15, 0.2) is 42.6 Å². The minimum absolute atomic E-state index is 0.0909. The van der Waals surface area contributed by atoms with Gasteiger partial charge in [-0.1, -0.05) is 25.1 Å². The molecule has 2 N–H and O–H groups in total. The Morgan fingerprint density at radius 1 is 1.17 bits per heavy atom. The van der Waals surface area contributed by atoms with Crippen molar-refractivity contribution in [2.45, 2.75) is 19.8 Å². The molecule has 0 saturated carbocycles. The van der Waals surface area contributed by atoms with Crippen molar-refractivity contribution in [1.82, 2.24) is 4.98 Å². The van der Waals surface area contributed by atoms with Gasteiger partial charge in [0.05, 0.1) is 24.7 Å². The molecule has 2 rings (SSSR count). The SMILES string of the molecule is CCCS(=O)(=O)Nc1ccc(NCCc2ccccc2OC)cn1. The summed E-state index contributed by atoms with van der Waals surface area (Å²) in [5, 5.41) is 3.26. The Bertz CT molecular complexity index is 746. The smallest absolute Gasteiger partial charge is 0.233 e. The molecule has 6 nitrogen and oxygen atoms in total. The van der Waals surface area contributed by atoms with E-state index in [4.69, 9.17) is 4.74 Å². The van der Waals surface area contributed by atoms with Crippen LogP contribution in [-0.4, -0.2) is 32.8 Å². The van der Waals surface area contributed by atoms with Crippen molar-refractivity contribution in [3.8, 4) is 5.75 Å². The minimum atomic E-state index is -3.31. The van der Waals surface area contributed by atoms with Gasteiger partial charge in [0.15, 0.2) is 0 Å². The lowest BCUT2D eigenvalue weighted by Crippen LogP contribution is -2.17. The highest BCUT2D eigenvalue weighted by Gasteiger charge is 2.09. The second kappa shape index (κ2) is 8.54. The average molecular weight is 349 g/mol. The monoisotopic (exact) mass is 349 g/mol. The number of hydrogen-bond donors (Lipinski definition) is 2. The molecule has 1 aromatic heterocycles. The first-order valence-electron chi connectivity index (χ1n) is 7.86. The number of anilines is 2. The fourth-order valence-electron chi connectivity index (χ4n) is 2.29. The largest absolute Gasteiger partial charge is 0.496 e. The summed E-state index contributed by atoms with van der Waals surface area (Å²) < 4.78 is 31.2. The molecule has 0 atom stereocenters. The molecule has 0 aliphatic heterocycles. The molecule has 24 heavy (non-hydrogen) atoms. The van der Waals surface area contributed by atoms with Crippen LogP contribution in [0.5, 0.6) is 5.75 Å². The number of hydrogen-bond acceptors (Lipinski definition) is 5. The summed E-state index contributed by atoms with van der Waals surface area (Å²) in [5.41, 5.74) is 1.97. The molecule has 0 amide bonds. The minimum Gasteiger partial charge on any atom is -0.496 e. The van der Waals surface area contributed by atoms with E-state index in [1.807, 2.05) is 31.2 Å². The number of methoxy groups -OCH3 is 1. The van der Waals surface area contributed by atoms with Gasteiger partial charge in [0, 0.05) is 6.54 Å². The van der Waals surface area contributed by atoms with Crippen LogP contribution in [0.3, 0.4) is 0 Å². The maximum Gasteiger partial charge on any atom is 0.233 e. The van der Waals surface area contributed by atoms with E-state index in [1.165, 1.54) is 0 Å². The molecular formula is C17H23N3O3S. The van der Waals surface area contributed by atoms with Gasteiger partial charge in [-0.25, -0.2) is 13.4 Å². The summed E-state index contributed by atoms with van der Waals surface area (Å²) in [5.74, 6) is 1.30. The molecular weight excluding hydrogens is 326 g/mol. The summed E-state index contributed by atoms with van der Waals surface area (Å²) in [6, 6.07) is 11.4. The predicted octanol–water partition coefficient (Wildman–Crippen LogP) is 2.90. The third-order valence-corrected chi connectivity index (χ3v) is 4.88. The first-order valence-corrected chi connectivity index (χ1v) is 9.51. The summed E-state index contributed by atoms with van der Waals surface area (Å²) in [7, 11) is -1.64. The Hall–Kier alpha value is -2.28. The first-order chi connectivity index (χ1) is 11.5. The van der Waals surface area contributed by atoms with Crippen molar-refractivity contribution < 1.29 is 13.2 Å². The van der Waals surface area contributed by atoms with Crippen molar-refractivity contribution in [3.63, 3.8) is 0 Å². The normalized spacial score (nSPS) is 11.1. The maximum absolute atomic E-state index is 11.7. The number of pyridine rings is 1. The van der Waals surface area contributed by atoms with Gasteiger partial charge in [0.1, 0.15) is 11.6 Å². The molecule has 0 saturated heterocycles. The van der Waals surface area contributed by atoms with Crippen LogP contribution in [0.2, 0.25) is 0 Å². The molecule has 7 heteroatoms. The molecule has 0 aliphatic rings. The lowest BCUT2D eigenvalue weighted by atomic mass is 10.1. The Morgan fingerprint density at radius 2 is 1.96 bits per heavy atom. The second-order valence-corrected chi connectivity index (χ2v) is 7.18. The standard InChI is InChI=1S/C17H23N3O3S/c1-3-12-24(21,22)20-17-9-8-15(13-19-17)18-11-10-14-6-4-5-7-16(14)23-2/h4-9,13,18H,3,10-12H2,1-2H3,(H,19,20). The highest BCUT2D eigenvalue weighted by atomic mass is 32.2. The van der Waals surface area contributed by atoms with Crippen molar-refractivity contribution in [2.24, 2.45) is 0 Å². The quantitative estimate of drug-likeness (QED) is 0.727. The van der Waals surface area contributed by atoms with E-state index in [2.05, 4.69) is 15.0 Å². The number of para-hydroxylation sites is 1. The lowest BCUT2D eigenvalue weighted by Gasteiger charge is -2.10. The first kappa shape index (κ1) is 18.1. The number of nitrogens with zero attached hydrogens (tertiary/aromatic N) is 1. The molecule has 2 aromatic rings. The number of sulfonamides is 1. The molecule has 130 valence electrons. The van der Waals surface area contributed by atoms with E-state index in [-0.39, 0.29) is 5.75 Å². The van der Waals surface area contributed by atoms with E-state index in [0.717, 1.165) is 30.0 Å². The molecule has 0 radical (unpaired) electrons. The van der Waals surface area contributed by atoms with Gasteiger partial charge in [-0.05, 0) is 36.6 Å². The molecule has 0 bridgehead atoms. The topological polar surface area (TPSA) is 80.3 Å². The third-order valence-electron chi connectivity index (χ3n) is 3.41. The van der Waals surface area contributed by atoms with Gasteiger partial charge in [0.25, 0.3) is 0 Å². The van der Waals surface area contributed by atoms with Gasteiger partial charge in [-0.15, -0.1) is 0 Å². The molecule has 0 fully saturated rings. The summed E-state index contributed by atoms with van der Waals surface area (Å²) in [6.07, 6.45) is 3.00. The van der Waals surface area contributed by atoms with Gasteiger partial charge >= 0.3 is 0 Å².